The average molecular weight is 429 g/mol. The van der Waals surface area contributed by atoms with Crippen LogP contribution in [0.4, 0.5) is 0 Å². The van der Waals surface area contributed by atoms with Gasteiger partial charge in [-0.1, -0.05) is 23.7 Å². The van der Waals surface area contributed by atoms with Gasteiger partial charge in [-0.15, -0.1) is 0 Å². The maximum absolute atomic E-state index is 13.0. The summed E-state index contributed by atoms with van der Waals surface area (Å²) in [5.41, 5.74) is 1.54. The van der Waals surface area contributed by atoms with Crippen LogP contribution in [0.2, 0.25) is 5.02 Å². The van der Waals surface area contributed by atoms with Crippen LogP contribution in [-0.4, -0.2) is 51.6 Å². The van der Waals surface area contributed by atoms with Crippen LogP contribution in [0.5, 0.6) is 0 Å². The Morgan fingerprint density at radius 1 is 0.778 bits per heavy atom. The summed E-state index contributed by atoms with van der Waals surface area (Å²) < 4.78 is 54.1. The summed E-state index contributed by atoms with van der Waals surface area (Å²) in [5, 5.41) is 0.457. The van der Waals surface area contributed by atoms with Gasteiger partial charge in [0, 0.05) is 31.2 Å². The Kier molecular flexibility index (Phi) is 5.65. The lowest BCUT2D eigenvalue weighted by atomic mass is 10.2. The van der Waals surface area contributed by atoms with Crippen molar-refractivity contribution >= 4 is 31.6 Å². The number of halogens is 1. The fourth-order valence-corrected chi connectivity index (χ4v) is 6.31. The van der Waals surface area contributed by atoms with Gasteiger partial charge in [-0.3, -0.25) is 0 Å². The van der Waals surface area contributed by atoms with E-state index in [9.17, 15) is 16.8 Å². The second kappa shape index (κ2) is 7.52. The molecule has 1 aliphatic heterocycles. The van der Waals surface area contributed by atoms with Gasteiger partial charge in [-0.05, 0) is 55.3 Å². The minimum Gasteiger partial charge on any atom is -0.207 e. The lowest BCUT2D eigenvalue weighted by Gasteiger charge is -2.33. The zero-order valence-corrected chi connectivity index (χ0v) is 17.5. The second-order valence-corrected chi connectivity index (χ2v) is 10.8. The predicted octanol–water partition coefficient (Wildman–Crippen LogP) is 2.65. The number of hydrogen-bond acceptors (Lipinski definition) is 4. The van der Waals surface area contributed by atoms with E-state index in [1.807, 2.05) is 13.0 Å². The van der Waals surface area contributed by atoms with Crippen LogP contribution >= 0.6 is 11.6 Å². The van der Waals surface area contributed by atoms with Crippen molar-refractivity contribution in [3.8, 4) is 0 Å². The van der Waals surface area contributed by atoms with Crippen molar-refractivity contribution in [3.63, 3.8) is 0 Å². The summed E-state index contributed by atoms with van der Waals surface area (Å²) >= 11 is 5.82. The Labute approximate surface area is 165 Å². The molecule has 2 aromatic carbocycles. The van der Waals surface area contributed by atoms with Crippen LogP contribution in [-0.2, 0) is 20.0 Å². The van der Waals surface area contributed by atoms with E-state index >= 15 is 0 Å². The Hall–Kier alpha value is -1.45. The Morgan fingerprint density at radius 2 is 1.30 bits per heavy atom. The van der Waals surface area contributed by atoms with Crippen LogP contribution in [0.25, 0.3) is 0 Å². The Balaban J connectivity index is 1.78. The zero-order chi connectivity index (χ0) is 19.8. The molecular weight excluding hydrogens is 408 g/mol. The van der Waals surface area contributed by atoms with E-state index in [4.69, 9.17) is 11.6 Å². The Bertz CT molecular complexity index is 1040. The third-order valence-electron chi connectivity index (χ3n) is 4.61. The minimum absolute atomic E-state index is 0.106. The molecule has 0 amide bonds. The quantitative estimate of drug-likeness (QED) is 0.750. The number of aryl methyl sites for hydroxylation is 2. The number of sulfonamides is 2. The number of benzene rings is 2. The van der Waals surface area contributed by atoms with Crippen molar-refractivity contribution in [2.45, 2.75) is 23.6 Å². The molecule has 2 aromatic rings. The summed E-state index contributed by atoms with van der Waals surface area (Å²) in [6.45, 7) is 4.04. The van der Waals surface area contributed by atoms with E-state index in [0.29, 0.717) is 10.6 Å². The van der Waals surface area contributed by atoms with Gasteiger partial charge in [-0.25, -0.2) is 16.8 Å². The van der Waals surface area contributed by atoms with Gasteiger partial charge in [0.1, 0.15) is 0 Å². The van der Waals surface area contributed by atoms with Gasteiger partial charge in [-0.2, -0.15) is 8.61 Å². The summed E-state index contributed by atoms with van der Waals surface area (Å²) in [6.07, 6.45) is 0. The summed E-state index contributed by atoms with van der Waals surface area (Å²) in [5.74, 6) is 0. The van der Waals surface area contributed by atoms with E-state index < -0.39 is 20.0 Å². The molecule has 146 valence electrons. The van der Waals surface area contributed by atoms with Gasteiger partial charge < -0.3 is 0 Å². The summed E-state index contributed by atoms with van der Waals surface area (Å²) in [6, 6.07) is 11.3. The lowest BCUT2D eigenvalue weighted by molar-refractivity contribution is 0.272. The van der Waals surface area contributed by atoms with Crippen LogP contribution < -0.4 is 0 Å². The molecule has 1 heterocycles. The standard InChI is InChI=1S/C18H21ClN2O4S2/c1-14-3-4-15(2)18(13-14)27(24,25)21-11-9-20(10-12-21)26(22,23)17-7-5-16(19)6-8-17/h3-8,13H,9-12H2,1-2H3. The molecule has 27 heavy (non-hydrogen) atoms. The molecule has 0 atom stereocenters. The second-order valence-electron chi connectivity index (χ2n) is 6.53. The van der Waals surface area contributed by atoms with E-state index in [2.05, 4.69) is 0 Å². The van der Waals surface area contributed by atoms with Crippen LogP contribution in [0.1, 0.15) is 11.1 Å². The molecule has 0 aromatic heterocycles. The topological polar surface area (TPSA) is 74.8 Å². The third-order valence-corrected chi connectivity index (χ3v) is 8.82. The van der Waals surface area contributed by atoms with Crippen LogP contribution in [0.15, 0.2) is 52.3 Å². The first-order chi connectivity index (χ1) is 12.6. The summed E-state index contributed by atoms with van der Waals surface area (Å²) in [7, 11) is -7.33. The minimum atomic E-state index is -3.67. The highest BCUT2D eigenvalue weighted by molar-refractivity contribution is 7.89. The lowest BCUT2D eigenvalue weighted by Crippen LogP contribution is -2.50. The van der Waals surface area contributed by atoms with Gasteiger partial charge >= 0.3 is 0 Å². The maximum Gasteiger partial charge on any atom is 0.243 e. The molecule has 0 radical (unpaired) electrons. The van der Waals surface area contributed by atoms with Gasteiger partial charge in [0.05, 0.1) is 9.79 Å². The SMILES string of the molecule is Cc1ccc(C)c(S(=O)(=O)N2CCN(S(=O)(=O)c3ccc(Cl)cc3)CC2)c1. The molecule has 1 fully saturated rings. The normalized spacial score (nSPS) is 17.1. The molecule has 9 heteroatoms. The van der Waals surface area contributed by atoms with E-state index in [1.165, 1.54) is 32.9 Å². The number of piperazine rings is 1. The molecule has 0 bridgehead atoms. The summed E-state index contributed by atoms with van der Waals surface area (Å²) in [4.78, 5) is 0.425. The molecule has 6 nitrogen and oxygen atoms in total. The Morgan fingerprint density at radius 3 is 1.85 bits per heavy atom. The molecule has 0 spiro atoms. The molecule has 0 saturated carbocycles. The highest BCUT2D eigenvalue weighted by Crippen LogP contribution is 2.25. The fraction of sp³-hybridized carbons (Fsp3) is 0.333. The van der Waals surface area contributed by atoms with Crippen molar-refractivity contribution in [1.29, 1.82) is 0 Å². The average Bonchev–Trinajstić information content (AvgIpc) is 2.64. The molecule has 3 rings (SSSR count). The smallest absolute Gasteiger partial charge is 0.207 e. The monoisotopic (exact) mass is 428 g/mol. The molecule has 0 aliphatic carbocycles. The van der Waals surface area contributed by atoms with Crippen LogP contribution in [0, 0.1) is 13.8 Å². The van der Waals surface area contributed by atoms with Crippen LogP contribution in [0.3, 0.4) is 0 Å². The first-order valence-electron chi connectivity index (χ1n) is 8.45. The van der Waals surface area contributed by atoms with E-state index in [1.54, 1.807) is 19.1 Å². The largest absolute Gasteiger partial charge is 0.243 e. The van der Waals surface area contributed by atoms with Gasteiger partial charge in [0.25, 0.3) is 0 Å². The number of rotatable bonds is 4. The predicted molar refractivity (Wildman–Crippen MR) is 105 cm³/mol. The fourth-order valence-electron chi connectivity index (χ4n) is 3.03. The molecule has 0 N–H and O–H groups in total. The van der Waals surface area contributed by atoms with Crippen molar-refractivity contribution in [1.82, 2.24) is 8.61 Å². The first-order valence-corrected chi connectivity index (χ1v) is 11.7. The van der Waals surface area contributed by atoms with Crippen molar-refractivity contribution < 1.29 is 16.8 Å². The van der Waals surface area contributed by atoms with Crippen molar-refractivity contribution in [2.24, 2.45) is 0 Å². The number of nitrogens with zero attached hydrogens (tertiary/aromatic N) is 2. The zero-order valence-electron chi connectivity index (χ0n) is 15.1. The van der Waals surface area contributed by atoms with Crippen molar-refractivity contribution in [3.05, 3.63) is 58.6 Å². The van der Waals surface area contributed by atoms with Gasteiger partial charge in [0.15, 0.2) is 0 Å². The third kappa shape index (κ3) is 4.05. The molecule has 1 aliphatic rings. The van der Waals surface area contributed by atoms with E-state index in [-0.39, 0.29) is 36.0 Å². The first kappa shape index (κ1) is 20.3. The highest BCUT2D eigenvalue weighted by Gasteiger charge is 2.34. The highest BCUT2D eigenvalue weighted by atomic mass is 35.5. The molecular formula is C18H21ClN2O4S2. The van der Waals surface area contributed by atoms with Gasteiger partial charge in [0.2, 0.25) is 20.0 Å². The van der Waals surface area contributed by atoms with Crippen molar-refractivity contribution in [2.75, 3.05) is 26.2 Å². The molecule has 0 unspecified atom stereocenters. The number of hydrogen-bond donors (Lipinski definition) is 0. The molecule has 1 saturated heterocycles. The maximum atomic E-state index is 13.0. The van der Waals surface area contributed by atoms with E-state index in [0.717, 1.165) is 5.56 Å².